The molecule has 0 saturated heterocycles. The minimum absolute atomic E-state index is 0.0196. The summed E-state index contributed by atoms with van der Waals surface area (Å²) in [6.45, 7) is 3.54. The maximum atomic E-state index is 11.9. The minimum atomic E-state index is -1.08. The summed E-state index contributed by atoms with van der Waals surface area (Å²) >= 11 is 0. The molecule has 1 rings (SSSR count). The van der Waals surface area contributed by atoms with Gasteiger partial charge >= 0.3 is 5.97 Å². The van der Waals surface area contributed by atoms with Gasteiger partial charge in [-0.25, -0.2) is 0 Å². The highest BCUT2D eigenvalue weighted by Crippen LogP contribution is 2.13. The van der Waals surface area contributed by atoms with E-state index in [1.807, 2.05) is 13.8 Å². The van der Waals surface area contributed by atoms with Gasteiger partial charge in [0.25, 0.3) is 0 Å². The third-order valence-corrected chi connectivity index (χ3v) is 3.19. The molecule has 1 aromatic rings. The molecule has 1 unspecified atom stereocenters. The molecule has 0 fully saturated rings. The van der Waals surface area contributed by atoms with Crippen molar-refractivity contribution in [2.45, 2.75) is 33.1 Å². The highest BCUT2D eigenvalue weighted by atomic mass is 16.4. The van der Waals surface area contributed by atoms with Gasteiger partial charge in [-0.1, -0.05) is 32.4 Å². The van der Waals surface area contributed by atoms with Crippen molar-refractivity contribution < 1.29 is 19.5 Å². The van der Waals surface area contributed by atoms with Crippen LogP contribution in [0.2, 0.25) is 0 Å². The Morgan fingerprint density at radius 2 is 1.82 bits per heavy atom. The van der Waals surface area contributed by atoms with Crippen molar-refractivity contribution in [3.8, 4) is 0 Å². The molecule has 0 aliphatic heterocycles. The summed E-state index contributed by atoms with van der Waals surface area (Å²) in [5.41, 5.74) is 1.44. The van der Waals surface area contributed by atoms with Crippen LogP contribution in [0.4, 0.5) is 5.69 Å². The minimum Gasteiger partial charge on any atom is -0.480 e. The zero-order chi connectivity index (χ0) is 16.5. The van der Waals surface area contributed by atoms with E-state index in [0.717, 1.165) is 18.4 Å². The molecule has 0 spiro atoms. The second-order valence-corrected chi connectivity index (χ2v) is 5.22. The molecule has 22 heavy (non-hydrogen) atoms. The van der Waals surface area contributed by atoms with Gasteiger partial charge in [-0.2, -0.15) is 0 Å². The van der Waals surface area contributed by atoms with Crippen molar-refractivity contribution in [2.24, 2.45) is 5.92 Å². The summed E-state index contributed by atoms with van der Waals surface area (Å²) in [6.07, 6.45) is 1.90. The first kappa shape index (κ1) is 17.7. The molecule has 1 atom stereocenters. The number of carboxylic acids is 1. The van der Waals surface area contributed by atoms with E-state index in [0.29, 0.717) is 5.69 Å². The summed E-state index contributed by atoms with van der Waals surface area (Å²) < 4.78 is 0. The van der Waals surface area contributed by atoms with Crippen molar-refractivity contribution >= 4 is 23.5 Å². The standard InChI is InChI=1S/C16H22N2O4/c1-3-4-11(2)16(22)18-13-7-5-12(6-8-13)9-14(19)17-10-15(20)21/h5-8,11H,3-4,9-10H2,1-2H3,(H,17,19)(H,18,22)(H,20,21). The first-order valence-electron chi connectivity index (χ1n) is 7.30. The lowest BCUT2D eigenvalue weighted by Gasteiger charge is -2.11. The summed E-state index contributed by atoms with van der Waals surface area (Å²) in [6, 6.07) is 6.94. The second kappa shape index (κ2) is 8.81. The van der Waals surface area contributed by atoms with Crippen LogP contribution >= 0.6 is 0 Å². The highest BCUT2D eigenvalue weighted by Gasteiger charge is 2.12. The van der Waals surface area contributed by atoms with Crippen molar-refractivity contribution in [2.75, 3.05) is 11.9 Å². The zero-order valence-corrected chi connectivity index (χ0v) is 12.9. The lowest BCUT2D eigenvalue weighted by molar-refractivity contribution is -0.137. The molecule has 2 amide bonds. The Labute approximate surface area is 129 Å². The van der Waals surface area contributed by atoms with Gasteiger partial charge in [0.15, 0.2) is 0 Å². The predicted octanol–water partition coefficient (Wildman–Crippen LogP) is 1.80. The van der Waals surface area contributed by atoms with Gasteiger partial charge in [0.1, 0.15) is 6.54 Å². The fourth-order valence-corrected chi connectivity index (χ4v) is 1.96. The van der Waals surface area contributed by atoms with Gasteiger partial charge in [-0.15, -0.1) is 0 Å². The number of amides is 2. The molecule has 0 saturated carbocycles. The van der Waals surface area contributed by atoms with Gasteiger partial charge < -0.3 is 15.7 Å². The quantitative estimate of drug-likeness (QED) is 0.682. The molecule has 0 heterocycles. The molecule has 6 nitrogen and oxygen atoms in total. The summed E-state index contributed by atoms with van der Waals surface area (Å²) in [4.78, 5) is 33.7. The molecule has 3 N–H and O–H groups in total. The third-order valence-electron chi connectivity index (χ3n) is 3.19. The molecular formula is C16H22N2O4. The average molecular weight is 306 g/mol. The summed E-state index contributed by atoms with van der Waals surface area (Å²) in [5, 5.41) is 13.6. The Morgan fingerprint density at radius 3 is 2.36 bits per heavy atom. The molecule has 0 radical (unpaired) electrons. The molecule has 6 heteroatoms. The lowest BCUT2D eigenvalue weighted by Crippen LogP contribution is -2.30. The van der Waals surface area contributed by atoms with E-state index in [-0.39, 0.29) is 30.7 Å². The average Bonchev–Trinajstić information content (AvgIpc) is 2.47. The highest BCUT2D eigenvalue weighted by molar-refractivity contribution is 5.92. The predicted molar refractivity (Wildman–Crippen MR) is 83.5 cm³/mol. The normalized spacial score (nSPS) is 11.5. The fourth-order valence-electron chi connectivity index (χ4n) is 1.96. The first-order chi connectivity index (χ1) is 10.4. The Balaban J connectivity index is 2.50. The summed E-state index contributed by atoms with van der Waals surface area (Å²) in [5.74, 6) is -1.48. The Morgan fingerprint density at radius 1 is 1.18 bits per heavy atom. The first-order valence-corrected chi connectivity index (χ1v) is 7.30. The lowest BCUT2D eigenvalue weighted by atomic mass is 10.1. The number of aliphatic carboxylic acids is 1. The number of carboxylic acid groups (broad SMARTS) is 1. The monoisotopic (exact) mass is 306 g/mol. The molecular weight excluding hydrogens is 284 g/mol. The number of benzene rings is 1. The molecule has 1 aromatic carbocycles. The van der Waals surface area contributed by atoms with E-state index < -0.39 is 5.97 Å². The van der Waals surface area contributed by atoms with Crippen LogP contribution in [0.25, 0.3) is 0 Å². The van der Waals surface area contributed by atoms with Crippen LogP contribution in [0.1, 0.15) is 32.3 Å². The number of carbonyl (C=O) groups excluding carboxylic acids is 2. The topological polar surface area (TPSA) is 95.5 Å². The van der Waals surface area contributed by atoms with E-state index in [2.05, 4.69) is 10.6 Å². The van der Waals surface area contributed by atoms with E-state index in [1.165, 1.54) is 0 Å². The number of nitrogens with one attached hydrogen (secondary N) is 2. The molecule has 120 valence electrons. The molecule has 0 bridgehead atoms. The largest absolute Gasteiger partial charge is 0.480 e. The van der Waals surface area contributed by atoms with Crippen LogP contribution in [-0.4, -0.2) is 29.4 Å². The van der Waals surface area contributed by atoms with Crippen LogP contribution in [-0.2, 0) is 20.8 Å². The maximum Gasteiger partial charge on any atom is 0.322 e. The smallest absolute Gasteiger partial charge is 0.322 e. The Kier molecular flexibility index (Phi) is 7.08. The van der Waals surface area contributed by atoms with Crippen molar-refractivity contribution in [3.63, 3.8) is 0 Å². The Bertz CT molecular complexity index is 525. The van der Waals surface area contributed by atoms with Crippen molar-refractivity contribution in [1.82, 2.24) is 5.32 Å². The van der Waals surface area contributed by atoms with Gasteiger partial charge in [-0.3, -0.25) is 14.4 Å². The zero-order valence-electron chi connectivity index (χ0n) is 12.9. The number of anilines is 1. The molecule has 0 aromatic heterocycles. The maximum absolute atomic E-state index is 11.9. The number of hydrogen-bond acceptors (Lipinski definition) is 3. The fraction of sp³-hybridized carbons (Fsp3) is 0.438. The van der Waals surface area contributed by atoms with E-state index in [1.54, 1.807) is 24.3 Å². The van der Waals surface area contributed by atoms with E-state index >= 15 is 0 Å². The van der Waals surface area contributed by atoms with Crippen LogP contribution in [0.3, 0.4) is 0 Å². The molecule has 0 aliphatic rings. The van der Waals surface area contributed by atoms with Crippen LogP contribution in [0.5, 0.6) is 0 Å². The number of rotatable bonds is 8. The van der Waals surface area contributed by atoms with Gasteiger partial charge in [-0.05, 0) is 24.1 Å². The van der Waals surface area contributed by atoms with Gasteiger partial charge in [0.05, 0.1) is 6.42 Å². The van der Waals surface area contributed by atoms with Crippen LogP contribution in [0, 0.1) is 5.92 Å². The number of carbonyl (C=O) groups is 3. The summed E-state index contributed by atoms with van der Waals surface area (Å²) in [7, 11) is 0. The van der Waals surface area contributed by atoms with Crippen LogP contribution in [0.15, 0.2) is 24.3 Å². The van der Waals surface area contributed by atoms with E-state index in [4.69, 9.17) is 5.11 Å². The van der Waals surface area contributed by atoms with Gasteiger partial charge in [0.2, 0.25) is 11.8 Å². The molecule has 0 aliphatic carbocycles. The third kappa shape index (κ3) is 6.39. The van der Waals surface area contributed by atoms with E-state index in [9.17, 15) is 14.4 Å². The second-order valence-electron chi connectivity index (χ2n) is 5.22. The SMILES string of the molecule is CCCC(C)C(=O)Nc1ccc(CC(=O)NCC(=O)O)cc1. The van der Waals surface area contributed by atoms with Crippen molar-refractivity contribution in [3.05, 3.63) is 29.8 Å². The Hall–Kier alpha value is -2.37. The number of hydrogen-bond donors (Lipinski definition) is 3. The van der Waals surface area contributed by atoms with Crippen LogP contribution < -0.4 is 10.6 Å². The van der Waals surface area contributed by atoms with Crippen molar-refractivity contribution in [1.29, 1.82) is 0 Å². The van der Waals surface area contributed by atoms with Gasteiger partial charge in [0, 0.05) is 11.6 Å².